The molecule has 0 spiro atoms. The normalized spacial score (nSPS) is 18.9. The van der Waals surface area contributed by atoms with E-state index in [0.717, 1.165) is 32.1 Å². The predicted octanol–water partition coefficient (Wildman–Crippen LogP) is 4.65. The van der Waals surface area contributed by atoms with Gasteiger partial charge >= 0.3 is 5.97 Å². The zero-order valence-electron chi connectivity index (χ0n) is 19.4. The first-order valence-corrected chi connectivity index (χ1v) is 12.9. The van der Waals surface area contributed by atoms with Crippen LogP contribution in [0.1, 0.15) is 68.8 Å². The summed E-state index contributed by atoms with van der Waals surface area (Å²) in [5.74, 6) is 2.81. The van der Waals surface area contributed by atoms with Crippen molar-refractivity contribution in [2.45, 2.75) is 69.0 Å². The molecule has 0 saturated heterocycles. The highest BCUT2D eigenvalue weighted by molar-refractivity contribution is 7.42. The zero-order chi connectivity index (χ0) is 24.9. The minimum Gasteiger partial charge on any atom is -0.480 e. The van der Waals surface area contributed by atoms with Gasteiger partial charge in [0.05, 0.1) is 5.69 Å². The molecule has 2 aromatic rings. The number of aliphatic hydroxyl groups is 1. The van der Waals surface area contributed by atoms with Crippen molar-refractivity contribution in [3.05, 3.63) is 65.2 Å². The van der Waals surface area contributed by atoms with Gasteiger partial charge in [-0.15, -0.1) is 0 Å². The first kappa shape index (κ1) is 26.1. The Hall–Kier alpha value is -2.52. The summed E-state index contributed by atoms with van der Waals surface area (Å²) in [6.07, 6.45) is 4.73. The van der Waals surface area contributed by atoms with E-state index < -0.39 is 30.6 Å². The summed E-state index contributed by atoms with van der Waals surface area (Å²) in [6, 6.07) is 10.2. The van der Waals surface area contributed by atoms with Gasteiger partial charge in [0, 0.05) is 24.0 Å². The summed E-state index contributed by atoms with van der Waals surface area (Å²) >= 11 is 0. The molecule has 0 bridgehead atoms. The third kappa shape index (κ3) is 5.25. The number of nitrogens with zero attached hydrogens (tertiary/aromatic N) is 1. The van der Waals surface area contributed by atoms with Crippen molar-refractivity contribution in [3.8, 4) is 11.8 Å². The fourth-order valence-corrected chi connectivity index (χ4v) is 5.46. The number of hydrogen-bond donors (Lipinski definition) is 3. The number of pyridine rings is 1. The lowest BCUT2D eigenvalue weighted by atomic mass is 9.77. The molecular weight excluding hydrogens is 456 g/mol. The molecule has 34 heavy (non-hydrogen) atoms. The SMILES string of the molecule is CC(C)C#CC(C(=O)O)([PH](=O)O)C(O)(Cc1ccc(F)cc1)c1cccc(C2CCCCC2)n1. The Bertz CT molecular complexity index is 1090. The fourth-order valence-electron chi connectivity index (χ4n) is 4.53. The molecule has 0 radical (unpaired) electrons. The Morgan fingerprint density at radius 3 is 2.38 bits per heavy atom. The van der Waals surface area contributed by atoms with Crippen molar-refractivity contribution in [2.24, 2.45) is 5.92 Å². The molecule has 8 heteroatoms. The van der Waals surface area contributed by atoms with E-state index in [-0.39, 0.29) is 24.0 Å². The highest BCUT2D eigenvalue weighted by Gasteiger charge is 2.61. The fraction of sp³-hybridized carbons (Fsp3) is 0.462. The van der Waals surface area contributed by atoms with E-state index in [1.165, 1.54) is 30.3 Å². The lowest BCUT2D eigenvalue weighted by Crippen LogP contribution is -2.56. The van der Waals surface area contributed by atoms with Gasteiger partial charge < -0.3 is 15.1 Å². The lowest BCUT2D eigenvalue weighted by molar-refractivity contribution is -0.146. The number of hydrogen-bond acceptors (Lipinski definition) is 4. The first-order valence-electron chi connectivity index (χ1n) is 11.5. The van der Waals surface area contributed by atoms with Gasteiger partial charge in [-0.3, -0.25) is 9.55 Å². The van der Waals surface area contributed by atoms with Crippen LogP contribution in [-0.4, -0.2) is 31.2 Å². The van der Waals surface area contributed by atoms with Crippen molar-refractivity contribution in [1.82, 2.24) is 4.98 Å². The number of rotatable bonds is 7. The second kappa shape index (κ2) is 10.8. The van der Waals surface area contributed by atoms with Gasteiger partial charge in [0.25, 0.3) is 0 Å². The second-order valence-corrected chi connectivity index (χ2v) is 10.6. The Kier molecular flexibility index (Phi) is 8.30. The smallest absolute Gasteiger partial charge is 0.335 e. The molecule has 3 rings (SSSR count). The van der Waals surface area contributed by atoms with E-state index in [9.17, 15) is 28.9 Å². The van der Waals surface area contributed by atoms with Gasteiger partial charge in [0.15, 0.2) is 0 Å². The topological polar surface area (TPSA) is 108 Å². The number of benzene rings is 1. The molecule has 0 aliphatic heterocycles. The van der Waals surface area contributed by atoms with E-state index in [2.05, 4.69) is 16.8 Å². The van der Waals surface area contributed by atoms with E-state index in [4.69, 9.17) is 0 Å². The summed E-state index contributed by atoms with van der Waals surface area (Å²) in [6.45, 7) is 3.43. The largest absolute Gasteiger partial charge is 0.480 e. The van der Waals surface area contributed by atoms with Crippen molar-refractivity contribution < 1.29 is 28.9 Å². The molecule has 182 valence electrons. The lowest BCUT2D eigenvalue weighted by Gasteiger charge is -2.39. The monoisotopic (exact) mass is 487 g/mol. The Morgan fingerprint density at radius 1 is 1.18 bits per heavy atom. The maximum Gasteiger partial charge on any atom is 0.335 e. The highest BCUT2D eigenvalue weighted by atomic mass is 31.1. The van der Waals surface area contributed by atoms with Crippen molar-refractivity contribution in [1.29, 1.82) is 0 Å². The minimum absolute atomic E-state index is 0.0345. The molecule has 1 fully saturated rings. The van der Waals surface area contributed by atoms with E-state index >= 15 is 0 Å². The Balaban J connectivity index is 2.25. The molecule has 0 amide bonds. The van der Waals surface area contributed by atoms with Gasteiger partial charge in [0.1, 0.15) is 11.4 Å². The van der Waals surface area contributed by atoms with Crippen molar-refractivity contribution >= 4 is 14.0 Å². The predicted molar refractivity (Wildman–Crippen MR) is 128 cm³/mol. The summed E-state index contributed by atoms with van der Waals surface area (Å²) in [5, 5.41) is 19.7. The van der Waals surface area contributed by atoms with Crippen LogP contribution in [0.4, 0.5) is 4.39 Å². The van der Waals surface area contributed by atoms with Crippen LogP contribution >= 0.6 is 8.03 Å². The molecule has 1 aliphatic carbocycles. The summed E-state index contributed by atoms with van der Waals surface area (Å²) in [4.78, 5) is 27.7. The molecule has 1 aromatic carbocycles. The molecule has 1 heterocycles. The van der Waals surface area contributed by atoms with E-state index in [1.54, 1.807) is 19.9 Å². The number of aromatic nitrogens is 1. The molecule has 3 atom stereocenters. The van der Waals surface area contributed by atoms with E-state index in [1.807, 2.05) is 6.07 Å². The second-order valence-electron chi connectivity index (χ2n) is 9.23. The third-order valence-corrected chi connectivity index (χ3v) is 7.80. The van der Waals surface area contributed by atoms with Crippen LogP contribution in [0, 0.1) is 23.6 Å². The number of carboxylic acid groups (broad SMARTS) is 1. The molecule has 1 aliphatic rings. The number of aliphatic carboxylic acids is 1. The molecule has 1 aromatic heterocycles. The average molecular weight is 488 g/mol. The van der Waals surface area contributed by atoms with Crippen LogP contribution in [0.3, 0.4) is 0 Å². The molecule has 3 N–H and O–H groups in total. The van der Waals surface area contributed by atoms with Gasteiger partial charge in [-0.25, -0.2) is 9.18 Å². The molecule has 3 unspecified atom stereocenters. The summed E-state index contributed by atoms with van der Waals surface area (Å²) < 4.78 is 26.3. The maximum atomic E-state index is 13.5. The zero-order valence-corrected chi connectivity index (χ0v) is 20.4. The Morgan fingerprint density at radius 2 is 1.82 bits per heavy atom. The third-order valence-electron chi connectivity index (χ3n) is 6.40. The standard InChI is InChI=1S/C26H31FNO5P/c1-18(2)15-16-26(24(29)30,34(32)33)25(31,17-19-11-13-21(27)14-12-19)23-10-6-9-22(28-23)20-7-4-3-5-8-20/h6,9-14,18,20,31,34H,3-5,7-8,17H2,1-2H3,(H,29,30)(H,32,33). The van der Waals surface area contributed by atoms with E-state index in [0.29, 0.717) is 11.3 Å². The molecular formula is C26H31FNO5P. The van der Waals surface area contributed by atoms with Gasteiger partial charge in [-0.05, 0) is 42.7 Å². The minimum atomic E-state index is -3.98. The number of carbonyl (C=O) groups is 1. The Labute approximate surface area is 200 Å². The van der Waals surface area contributed by atoms with Crippen LogP contribution in [-0.2, 0) is 21.4 Å². The number of carboxylic acids is 1. The first-order chi connectivity index (χ1) is 16.1. The van der Waals surface area contributed by atoms with Gasteiger partial charge in [-0.1, -0.05) is 63.1 Å². The van der Waals surface area contributed by atoms with Crippen LogP contribution in [0.15, 0.2) is 42.5 Å². The molecule has 1 saturated carbocycles. The number of halogens is 1. The quantitative estimate of drug-likeness (QED) is 0.388. The van der Waals surface area contributed by atoms with Crippen molar-refractivity contribution in [3.63, 3.8) is 0 Å². The molecule has 6 nitrogen and oxygen atoms in total. The summed E-state index contributed by atoms with van der Waals surface area (Å²) in [5.41, 5.74) is -1.39. The van der Waals surface area contributed by atoms with Crippen LogP contribution in [0.25, 0.3) is 0 Å². The summed E-state index contributed by atoms with van der Waals surface area (Å²) in [7, 11) is -3.98. The highest BCUT2D eigenvalue weighted by Crippen LogP contribution is 2.50. The van der Waals surface area contributed by atoms with Crippen molar-refractivity contribution in [2.75, 3.05) is 0 Å². The maximum absolute atomic E-state index is 13.5. The van der Waals surface area contributed by atoms with Crippen LogP contribution in [0.2, 0.25) is 0 Å². The van der Waals surface area contributed by atoms with Gasteiger partial charge in [0.2, 0.25) is 13.2 Å². The van der Waals surface area contributed by atoms with Crippen LogP contribution < -0.4 is 0 Å². The average Bonchev–Trinajstić information content (AvgIpc) is 2.81. The van der Waals surface area contributed by atoms with Crippen LogP contribution in [0.5, 0.6) is 0 Å². The van der Waals surface area contributed by atoms with Gasteiger partial charge in [-0.2, -0.15) is 0 Å².